The van der Waals surface area contributed by atoms with Gasteiger partial charge in [0, 0.05) is 29.4 Å². The fraction of sp³-hybridized carbons (Fsp3) is 0.533. The lowest BCUT2D eigenvalue weighted by Gasteiger charge is -2.18. The SMILES string of the molecule is CCCCNC(=O)C(C)Nc1cccc(Br)c1COC. The van der Waals surface area contributed by atoms with E-state index in [2.05, 4.69) is 33.5 Å². The normalized spacial score (nSPS) is 12.0. The molecule has 1 aromatic carbocycles. The Balaban J connectivity index is 2.67. The Bertz CT molecular complexity index is 438. The van der Waals surface area contributed by atoms with Crippen LogP contribution in [0.2, 0.25) is 0 Å². The Morgan fingerprint density at radius 1 is 1.45 bits per heavy atom. The smallest absolute Gasteiger partial charge is 0.242 e. The number of unbranched alkanes of at least 4 members (excludes halogenated alkanes) is 1. The second-order valence-corrected chi connectivity index (χ2v) is 5.56. The van der Waals surface area contributed by atoms with Crippen LogP contribution in [0.3, 0.4) is 0 Å². The van der Waals surface area contributed by atoms with E-state index in [0.717, 1.165) is 35.1 Å². The average molecular weight is 343 g/mol. The van der Waals surface area contributed by atoms with Crippen LogP contribution >= 0.6 is 15.9 Å². The van der Waals surface area contributed by atoms with Gasteiger partial charge < -0.3 is 15.4 Å². The lowest BCUT2D eigenvalue weighted by molar-refractivity contribution is -0.121. The third-order valence-electron chi connectivity index (χ3n) is 3.00. The molecule has 0 aromatic heterocycles. The van der Waals surface area contributed by atoms with Gasteiger partial charge in [-0.15, -0.1) is 0 Å². The van der Waals surface area contributed by atoms with E-state index < -0.39 is 0 Å². The predicted octanol–water partition coefficient (Wildman–Crippen LogP) is 3.31. The summed E-state index contributed by atoms with van der Waals surface area (Å²) >= 11 is 3.51. The number of hydrogen-bond acceptors (Lipinski definition) is 3. The summed E-state index contributed by atoms with van der Waals surface area (Å²) in [4.78, 5) is 12.0. The van der Waals surface area contributed by atoms with Gasteiger partial charge in [-0.25, -0.2) is 0 Å². The highest BCUT2D eigenvalue weighted by Crippen LogP contribution is 2.26. The first-order valence-corrected chi connectivity index (χ1v) is 7.70. The number of nitrogens with one attached hydrogen (secondary N) is 2. The zero-order valence-electron chi connectivity index (χ0n) is 12.3. The van der Waals surface area contributed by atoms with Crippen LogP contribution in [0, 0.1) is 0 Å². The topological polar surface area (TPSA) is 50.4 Å². The van der Waals surface area contributed by atoms with Crippen molar-refractivity contribution in [3.05, 3.63) is 28.2 Å². The second kappa shape index (κ2) is 8.97. The van der Waals surface area contributed by atoms with Gasteiger partial charge >= 0.3 is 0 Å². The zero-order chi connectivity index (χ0) is 15.0. The molecular weight excluding hydrogens is 320 g/mol. The van der Waals surface area contributed by atoms with E-state index in [1.54, 1.807) is 7.11 Å². The Morgan fingerprint density at radius 2 is 2.20 bits per heavy atom. The lowest BCUT2D eigenvalue weighted by Crippen LogP contribution is -2.38. The number of amides is 1. The number of halogens is 1. The number of ether oxygens (including phenoxy) is 1. The summed E-state index contributed by atoms with van der Waals surface area (Å²) in [5, 5.41) is 6.17. The highest BCUT2D eigenvalue weighted by atomic mass is 79.9. The number of carbonyl (C=O) groups is 1. The Kier molecular flexibility index (Phi) is 7.62. The van der Waals surface area contributed by atoms with Crippen LogP contribution in [-0.2, 0) is 16.1 Å². The van der Waals surface area contributed by atoms with Crippen LogP contribution in [0.25, 0.3) is 0 Å². The van der Waals surface area contributed by atoms with Crippen LogP contribution in [0.5, 0.6) is 0 Å². The predicted molar refractivity (Wildman–Crippen MR) is 85.9 cm³/mol. The number of anilines is 1. The van der Waals surface area contributed by atoms with Gasteiger partial charge in [0.15, 0.2) is 0 Å². The van der Waals surface area contributed by atoms with Crippen LogP contribution in [-0.4, -0.2) is 25.6 Å². The van der Waals surface area contributed by atoms with Crippen LogP contribution < -0.4 is 10.6 Å². The third kappa shape index (κ3) is 5.13. The molecule has 0 heterocycles. The quantitative estimate of drug-likeness (QED) is 0.712. The average Bonchev–Trinajstić information content (AvgIpc) is 2.42. The van der Waals surface area contributed by atoms with E-state index in [9.17, 15) is 4.79 Å². The van der Waals surface area contributed by atoms with Crippen molar-refractivity contribution >= 4 is 27.5 Å². The molecule has 0 aliphatic rings. The van der Waals surface area contributed by atoms with Gasteiger partial charge in [-0.2, -0.15) is 0 Å². The summed E-state index contributed by atoms with van der Waals surface area (Å²) in [6, 6.07) is 5.57. The van der Waals surface area contributed by atoms with Crippen LogP contribution in [0.15, 0.2) is 22.7 Å². The van der Waals surface area contributed by atoms with Gasteiger partial charge in [-0.05, 0) is 25.5 Å². The lowest BCUT2D eigenvalue weighted by atomic mass is 10.1. The minimum atomic E-state index is -0.281. The molecule has 5 heteroatoms. The maximum Gasteiger partial charge on any atom is 0.242 e. The maximum absolute atomic E-state index is 12.0. The number of benzene rings is 1. The van der Waals surface area contributed by atoms with Crippen molar-refractivity contribution in [3.63, 3.8) is 0 Å². The fourth-order valence-electron chi connectivity index (χ4n) is 1.83. The largest absolute Gasteiger partial charge is 0.380 e. The van der Waals surface area contributed by atoms with Gasteiger partial charge in [-0.3, -0.25) is 4.79 Å². The Morgan fingerprint density at radius 3 is 2.85 bits per heavy atom. The van der Waals surface area contributed by atoms with Crippen molar-refractivity contribution < 1.29 is 9.53 Å². The Labute approximate surface area is 129 Å². The third-order valence-corrected chi connectivity index (χ3v) is 3.75. The van der Waals surface area contributed by atoms with Crippen molar-refractivity contribution in [1.29, 1.82) is 0 Å². The standard InChI is InChI=1S/C15H23BrN2O2/c1-4-5-9-17-15(19)11(2)18-14-8-6-7-13(16)12(14)10-20-3/h6-8,11,18H,4-5,9-10H2,1-3H3,(H,17,19). The molecule has 0 radical (unpaired) electrons. The van der Waals surface area contributed by atoms with E-state index >= 15 is 0 Å². The minimum absolute atomic E-state index is 0.0155. The van der Waals surface area contributed by atoms with Crippen molar-refractivity contribution in [3.8, 4) is 0 Å². The molecule has 0 aliphatic heterocycles. The Hall–Kier alpha value is -1.07. The molecule has 4 nitrogen and oxygen atoms in total. The first kappa shape index (κ1) is 17.0. The highest BCUT2D eigenvalue weighted by molar-refractivity contribution is 9.10. The molecule has 1 unspecified atom stereocenters. The number of methoxy groups -OCH3 is 1. The van der Waals surface area contributed by atoms with Crippen LogP contribution in [0.4, 0.5) is 5.69 Å². The molecule has 112 valence electrons. The maximum atomic E-state index is 12.0. The van der Waals surface area contributed by atoms with E-state index in [1.165, 1.54) is 0 Å². The van der Waals surface area contributed by atoms with Crippen molar-refractivity contribution in [2.75, 3.05) is 19.0 Å². The number of carbonyl (C=O) groups excluding carboxylic acids is 1. The molecule has 0 bridgehead atoms. The molecule has 20 heavy (non-hydrogen) atoms. The highest BCUT2D eigenvalue weighted by Gasteiger charge is 2.14. The molecular formula is C15H23BrN2O2. The summed E-state index contributed by atoms with van der Waals surface area (Å²) in [6.07, 6.45) is 2.08. The summed E-state index contributed by atoms with van der Waals surface area (Å²) in [6.45, 7) is 5.18. The summed E-state index contributed by atoms with van der Waals surface area (Å²) in [5.41, 5.74) is 1.93. The molecule has 2 N–H and O–H groups in total. The summed E-state index contributed by atoms with van der Waals surface area (Å²) in [5.74, 6) is 0.0155. The number of rotatable bonds is 8. The molecule has 0 fully saturated rings. The molecule has 1 aromatic rings. The monoisotopic (exact) mass is 342 g/mol. The molecule has 0 spiro atoms. The molecule has 1 atom stereocenters. The van der Waals surface area contributed by atoms with E-state index in [0.29, 0.717) is 6.61 Å². The van der Waals surface area contributed by atoms with Gasteiger partial charge in [0.25, 0.3) is 0 Å². The van der Waals surface area contributed by atoms with Gasteiger partial charge in [0.05, 0.1) is 6.61 Å². The summed E-state index contributed by atoms with van der Waals surface area (Å²) in [7, 11) is 1.66. The molecule has 0 saturated carbocycles. The van der Waals surface area contributed by atoms with E-state index in [4.69, 9.17) is 4.74 Å². The van der Waals surface area contributed by atoms with E-state index in [1.807, 2.05) is 25.1 Å². The van der Waals surface area contributed by atoms with Crippen molar-refractivity contribution in [2.24, 2.45) is 0 Å². The van der Waals surface area contributed by atoms with Gasteiger partial charge in [0.1, 0.15) is 6.04 Å². The second-order valence-electron chi connectivity index (χ2n) is 4.71. The summed E-state index contributed by atoms with van der Waals surface area (Å²) < 4.78 is 6.18. The molecule has 1 rings (SSSR count). The minimum Gasteiger partial charge on any atom is -0.380 e. The molecule has 0 aliphatic carbocycles. The van der Waals surface area contributed by atoms with Gasteiger partial charge in [-0.1, -0.05) is 35.3 Å². The first-order valence-electron chi connectivity index (χ1n) is 6.90. The molecule has 1 amide bonds. The van der Waals surface area contributed by atoms with Crippen molar-refractivity contribution in [2.45, 2.75) is 39.3 Å². The van der Waals surface area contributed by atoms with E-state index in [-0.39, 0.29) is 11.9 Å². The number of hydrogen-bond donors (Lipinski definition) is 2. The van der Waals surface area contributed by atoms with Gasteiger partial charge in [0.2, 0.25) is 5.91 Å². The fourth-order valence-corrected chi connectivity index (χ4v) is 2.31. The first-order chi connectivity index (χ1) is 9.60. The molecule has 0 saturated heterocycles. The van der Waals surface area contributed by atoms with Crippen molar-refractivity contribution in [1.82, 2.24) is 5.32 Å². The zero-order valence-corrected chi connectivity index (χ0v) is 13.9. The van der Waals surface area contributed by atoms with Crippen LogP contribution in [0.1, 0.15) is 32.3 Å².